The molecule has 84 valence electrons. The van der Waals surface area contributed by atoms with Gasteiger partial charge in [-0.1, -0.05) is 11.6 Å². The highest BCUT2D eigenvalue weighted by Gasteiger charge is 2.48. The van der Waals surface area contributed by atoms with Gasteiger partial charge in [0.25, 0.3) is 0 Å². The normalized spacial score (nSPS) is 15.1. The summed E-state index contributed by atoms with van der Waals surface area (Å²) >= 11 is 5.02. The summed E-state index contributed by atoms with van der Waals surface area (Å²) in [6, 6.07) is 0. The molecule has 1 atom stereocenters. The van der Waals surface area contributed by atoms with Gasteiger partial charge in [-0.2, -0.15) is 13.2 Å². The average molecular weight is 234 g/mol. The summed E-state index contributed by atoms with van der Waals surface area (Å²) in [5.41, 5.74) is -3.73. The van der Waals surface area contributed by atoms with Crippen LogP contribution in [-0.2, 0) is 0 Å². The van der Waals surface area contributed by atoms with Crippen molar-refractivity contribution in [3.8, 4) is 0 Å². The molecule has 0 heterocycles. The lowest BCUT2D eigenvalue weighted by Gasteiger charge is -2.37. The number of hydrogen-bond acceptors (Lipinski definition) is 1. The second-order valence-electron chi connectivity index (χ2n) is 3.70. The number of carbonyl (C=O) groups is 1. The van der Waals surface area contributed by atoms with Crippen LogP contribution >= 0.6 is 11.6 Å². The first-order chi connectivity index (χ1) is 5.98. The van der Waals surface area contributed by atoms with Crippen molar-refractivity contribution in [2.45, 2.75) is 38.0 Å². The zero-order valence-corrected chi connectivity index (χ0v) is 8.65. The van der Waals surface area contributed by atoms with E-state index in [0.29, 0.717) is 0 Å². The maximum atomic E-state index is 12.2. The monoisotopic (exact) mass is 233 g/mol. The molecule has 0 spiro atoms. The lowest BCUT2D eigenvalue weighted by molar-refractivity contribution is -0.164. The maximum Gasteiger partial charge on any atom is 0.423 e. The van der Waals surface area contributed by atoms with Gasteiger partial charge in [0.1, 0.15) is 0 Å². The number of nitrogens with zero attached hydrogens (tertiary/aromatic N) is 1. The summed E-state index contributed by atoms with van der Waals surface area (Å²) in [5, 5.41) is 8.58. The highest BCUT2D eigenvalue weighted by molar-refractivity contribution is 6.21. The van der Waals surface area contributed by atoms with Gasteiger partial charge in [-0.25, -0.2) is 4.79 Å². The number of carboxylic acid groups (broad SMARTS) is 1. The van der Waals surface area contributed by atoms with E-state index in [9.17, 15) is 18.0 Å². The fourth-order valence-electron chi connectivity index (χ4n) is 0.870. The number of hydrogen-bond donors (Lipinski definition) is 1. The summed E-state index contributed by atoms with van der Waals surface area (Å²) in [6.45, 7) is 4.01. The summed E-state index contributed by atoms with van der Waals surface area (Å²) < 4.78 is 36.5. The van der Waals surface area contributed by atoms with E-state index in [0.717, 1.165) is 0 Å². The Morgan fingerprint density at radius 2 is 1.71 bits per heavy atom. The number of alkyl halides is 4. The van der Waals surface area contributed by atoms with Crippen LogP contribution in [0.2, 0.25) is 0 Å². The SMILES string of the molecule is CC(C)(C)N(C(=O)O)C(Cl)C(F)(F)F. The average Bonchev–Trinajstić information content (AvgIpc) is 1.79. The second-order valence-corrected chi connectivity index (χ2v) is 4.11. The van der Waals surface area contributed by atoms with E-state index >= 15 is 0 Å². The van der Waals surface area contributed by atoms with Crippen LogP contribution in [-0.4, -0.2) is 33.3 Å². The highest BCUT2D eigenvalue weighted by Crippen LogP contribution is 2.32. The van der Waals surface area contributed by atoms with Crippen molar-refractivity contribution >= 4 is 17.7 Å². The van der Waals surface area contributed by atoms with Crippen molar-refractivity contribution in [1.29, 1.82) is 0 Å². The molecular weight excluding hydrogens is 223 g/mol. The van der Waals surface area contributed by atoms with E-state index < -0.39 is 23.3 Å². The van der Waals surface area contributed by atoms with Crippen LogP contribution in [0.1, 0.15) is 20.8 Å². The fourth-order valence-corrected chi connectivity index (χ4v) is 1.25. The highest BCUT2D eigenvalue weighted by atomic mass is 35.5. The third-order valence-electron chi connectivity index (χ3n) is 1.43. The van der Waals surface area contributed by atoms with Crippen molar-refractivity contribution in [2.24, 2.45) is 0 Å². The molecule has 1 unspecified atom stereocenters. The fraction of sp³-hybridized carbons (Fsp3) is 0.857. The molecule has 0 rings (SSSR count). The molecule has 0 fully saturated rings. The van der Waals surface area contributed by atoms with Gasteiger partial charge in [0.05, 0.1) is 0 Å². The van der Waals surface area contributed by atoms with Gasteiger partial charge < -0.3 is 5.11 Å². The van der Waals surface area contributed by atoms with Crippen LogP contribution in [0.3, 0.4) is 0 Å². The van der Waals surface area contributed by atoms with Crippen LogP contribution in [0.5, 0.6) is 0 Å². The lowest BCUT2D eigenvalue weighted by Crippen LogP contribution is -2.54. The zero-order chi connectivity index (χ0) is 11.7. The molecule has 1 N–H and O–H groups in total. The Labute approximate surface area is 84.4 Å². The smallest absolute Gasteiger partial charge is 0.423 e. The van der Waals surface area contributed by atoms with Crippen LogP contribution in [0.15, 0.2) is 0 Å². The molecule has 0 aliphatic heterocycles. The van der Waals surface area contributed by atoms with Gasteiger partial charge in [0, 0.05) is 5.54 Å². The van der Waals surface area contributed by atoms with Crippen LogP contribution in [0.4, 0.5) is 18.0 Å². The minimum absolute atomic E-state index is 0.161. The van der Waals surface area contributed by atoms with Crippen molar-refractivity contribution in [1.82, 2.24) is 4.90 Å². The molecule has 0 aliphatic rings. The third-order valence-corrected chi connectivity index (χ3v) is 1.87. The predicted octanol–water partition coefficient (Wildman–Crippen LogP) is 2.89. The van der Waals surface area contributed by atoms with Gasteiger partial charge >= 0.3 is 12.3 Å². The molecule has 0 aromatic rings. The minimum atomic E-state index is -4.77. The minimum Gasteiger partial charge on any atom is -0.465 e. The Hall–Kier alpha value is -0.650. The van der Waals surface area contributed by atoms with E-state index in [1.807, 2.05) is 0 Å². The molecule has 0 aromatic carbocycles. The van der Waals surface area contributed by atoms with Gasteiger partial charge in [-0.15, -0.1) is 0 Å². The van der Waals surface area contributed by atoms with E-state index in [4.69, 9.17) is 16.7 Å². The molecule has 0 saturated heterocycles. The predicted molar refractivity (Wildman–Crippen MR) is 45.3 cm³/mol. The molecule has 1 amide bonds. The Kier molecular flexibility index (Phi) is 3.66. The molecule has 14 heavy (non-hydrogen) atoms. The summed E-state index contributed by atoms with van der Waals surface area (Å²) in [5.74, 6) is 0. The van der Waals surface area contributed by atoms with Crippen molar-refractivity contribution in [3.05, 3.63) is 0 Å². The van der Waals surface area contributed by atoms with Crippen LogP contribution in [0, 0.1) is 0 Å². The first kappa shape index (κ1) is 13.4. The Bertz CT molecular complexity index is 224. The molecule has 0 saturated carbocycles. The van der Waals surface area contributed by atoms with Crippen molar-refractivity contribution < 1.29 is 23.1 Å². The van der Waals surface area contributed by atoms with Crippen LogP contribution in [0.25, 0.3) is 0 Å². The van der Waals surface area contributed by atoms with E-state index in [1.165, 1.54) is 20.8 Å². The summed E-state index contributed by atoms with van der Waals surface area (Å²) in [6.07, 6.45) is -6.47. The van der Waals surface area contributed by atoms with E-state index in [1.54, 1.807) is 0 Å². The first-order valence-corrected chi connectivity index (χ1v) is 4.14. The maximum absolute atomic E-state index is 12.2. The van der Waals surface area contributed by atoms with E-state index in [-0.39, 0.29) is 4.90 Å². The molecular formula is C7H11ClF3NO2. The number of amides is 1. The Balaban J connectivity index is 4.96. The summed E-state index contributed by atoms with van der Waals surface area (Å²) in [7, 11) is 0. The van der Waals surface area contributed by atoms with Crippen molar-refractivity contribution in [2.75, 3.05) is 0 Å². The number of rotatable bonds is 1. The standard InChI is InChI=1S/C7H11ClF3NO2/c1-6(2,3)12(5(13)14)4(8)7(9,10)11/h4H,1-3H3,(H,13,14). The quantitative estimate of drug-likeness (QED) is 0.559. The van der Waals surface area contributed by atoms with Gasteiger partial charge in [0.2, 0.25) is 5.50 Å². The molecule has 3 nitrogen and oxygen atoms in total. The molecule has 0 radical (unpaired) electrons. The zero-order valence-electron chi connectivity index (χ0n) is 7.89. The topological polar surface area (TPSA) is 40.5 Å². The second kappa shape index (κ2) is 3.84. The Morgan fingerprint density at radius 3 is 1.79 bits per heavy atom. The van der Waals surface area contributed by atoms with Gasteiger partial charge in [-0.05, 0) is 20.8 Å². The van der Waals surface area contributed by atoms with Gasteiger partial charge in [0.15, 0.2) is 0 Å². The molecule has 0 aromatic heterocycles. The van der Waals surface area contributed by atoms with Gasteiger partial charge in [-0.3, -0.25) is 4.90 Å². The van der Waals surface area contributed by atoms with Crippen LogP contribution < -0.4 is 0 Å². The molecule has 0 bridgehead atoms. The van der Waals surface area contributed by atoms with E-state index in [2.05, 4.69) is 0 Å². The Morgan fingerprint density at radius 1 is 1.36 bits per heavy atom. The molecule has 0 aliphatic carbocycles. The largest absolute Gasteiger partial charge is 0.465 e. The molecule has 7 heteroatoms. The van der Waals surface area contributed by atoms with Crippen molar-refractivity contribution in [3.63, 3.8) is 0 Å². The number of halogens is 4. The summed E-state index contributed by atoms with van der Waals surface area (Å²) in [4.78, 5) is 10.7. The third kappa shape index (κ3) is 3.25. The first-order valence-electron chi connectivity index (χ1n) is 3.71. The lowest BCUT2D eigenvalue weighted by atomic mass is 10.1.